The van der Waals surface area contributed by atoms with Gasteiger partial charge in [-0.15, -0.1) is 0 Å². The minimum atomic E-state index is -0.401. The molecule has 1 saturated heterocycles. The molecule has 1 fully saturated rings. The van der Waals surface area contributed by atoms with Gasteiger partial charge in [0.15, 0.2) is 5.65 Å². The number of H-pyrrole nitrogens is 1. The Balaban J connectivity index is 1.57. The summed E-state index contributed by atoms with van der Waals surface area (Å²) >= 11 is 0. The zero-order chi connectivity index (χ0) is 24.3. The van der Waals surface area contributed by atoms with E-state index in [0.717, 1.165) is 5.56 Å². The number of aromatic amines is 1. The number of rotatable bonds is 7. The van der Waals surface area contributed by atoms with E-state index in [0.29, 0.717) is 48.8 Å². The van der Waals surface area contributed by atoms with Crippen LogP contribution in [0.3, 0.4) is 0 Å². The fraction of sp³-hybridized carbons (Fsp3) is 0.360. The van der Waals surface area contributed by atoms with Gasteiger partial charge in [-0.05, 0) is 25.5 Å². The molecule has 4 rings (SSSR count). The number of piperazine rings is 1. The minimum absolute atomic E-state index is 0.0835. The molecule has 0 radical (unpaired) electrons. The Morgan fingerprint density at radius 2 is 2.06 bits per heavy atom. The van der Waals surface area contributed by atoms with E-state index in [1.807, 2.05) is 49.1 Å². The summed E-state index contributed by atoms with van der Waals surface area (Å²) < 4.78 is 5.32. The van der Waals surface area contributed by atoms with Crippen molar-refractivity contribution in [3.8, 4) is 0 Å². The Hall–Kier alpha value is -3.72. The van der Waals surface area contributed by atoms with Crippen LogP contribution in [0.2, 0.25) is 0 Å². The van der Waals surface area contributed by atoms with Crippen molar-refractivity contribution in [1.29, 1.82) is 0 Å². The van der Waals surface area contributed by atoms with E-state index in [2.05, 4.69) is 26.8 Å². The van der Waals surface area contributed by atoms with E-state index in [9.17, 15) is 9.59 Å². The lowest BCUT2D eigenvalue weighted by Crippen LogP contribution is -2.61. The Bertz CT molecular complexity index is 1190. The van der Waals surface area contributed by atoms with Crippen LogP contribution in [-0.2, 0) is 9.53 Å². The number of benzene rings is 1. The molecule has 178 valence electrons. The number of hydrogen-bond donors (Lipinski definition) is 2. The number of aromatic nitrogens is 3. The normalized spacial score (nSPS) is 16.3. The second-order valence-corrected chi connectivity index (χ2v) is 8.95. The van der Waals surface area contributed by atoms with E-state index in [1.54, 1.807) is 19.5 Å². The van der Waals surface area contributed by atoms with Crippen molar-refractivity contribution in [2.45, 2.75) is 25.4 Å². The summed E-state index contributed by atoms with van der Waals surface area (Å²) in [6, 6.07) is 9.40. The van der Waals surface area contributed by atoms with E-state index in [1.165, 1.54) is 6.08 Å². The maximum Gasteiger partial charge on any atom is 0.255 e. The second-order valence-electron chi connectivity index (χ2n) is 8.95. The van der Waals surface area contributed by atoms with Gasteiger partial charge in [0.1, 0.15) is 11.3 Å². The molecule has 0 unspecified atom stereocenters. The van der Waals surface area contributed by atoms with Gasteiger partial charge in [0.25, 0.3) is 5.91 Å². The summed E-state index contributed by atoms with van der Waals surface area (Å²) in [5, 5.41) is 3.05. The topological polar surface area (TPSA) is 103 Å². The molecule has 3 heterocycles. The van der Waals surface area contributed by atoms with Crippen molar-refractivity contribution in [1.82, 2.24) is 25.2 Å². The number of nitrogens with zero attached hydrogens (tertiary/aromatic N) is 4. The van der Waals surface area contributed by atoms with Gasteiger partial charge >= 0.3 is 0 Å². The number of hydrogen-bond acceptors (Lipinski definition) is 6. The van der Waals surface area contributed by atoms with Crippen LogP contribution in [0, 0.1) is 0 Å². The van der Waals surface area contributed by atoms with Gasteiger partial charge in [0, 0.05) is 32.9 Å². The lowest BCUT2D eigenvalue weighted by atomic mass is 9.98. The molecule has 9 heteroatoms. The van der Waals surface area contributed by atoms with E-state index in [4.69, 9.17) is 9.72 Å². The summed E-state index contributed by atoms with van der Waals surface area (Å²) in [7, 11) is 1.61. The SMILES string of the molecule is C=CC(=O)N1CCN(c2cnc3[nH]cc(C(=O)N[C@@H](COC)c4ccccc4)c3n2)CC1(C)C. The predicted octanol–water partition coefficient (Wildman–Crippen LogP) is 2.69. The summed E-state index contributed by atoms with van der Waals surface area (Å²) in [6.45, 7) is 9.73. The molecule has 1 aliphatic rings. The van der Waals surface area contributed by atoms with Crippen LogP contribution in [0.25, 0.3) is 11.2 Å². The molecule has 2 aromatic heterocycles. The molecule has 2 amide bonds. The number of amides is 2. The van der Waals surface area contributed by atoms with Crippen LogP contribution in [0.15, 0.2) is 55.4 Å². The number of carbonyl (C=O) groups is 2. The first-order valence-corrected chi connectivity index (χ1v) is 11.2. The molecule has 34 heavy (non-hydrogen) atoms. The van der Waals surface area contributed by atoms with Gasteiger partial charge < -0.3 is 24.8 Å². The summed E-state index contributed by atoms with van der Waals surface area (Å²) in [5.74, 6) is 0.321. The average molecular weight is 463 g/mol. The van der Waals surface area contributed by atoms with Crippen molar-refractivity contribution >= 4 is 28.8 Å². The number of anilines is 1. The van der Waals surface area contributed by atoms with Gasteiger partial charge in [-0.2, -0.15) is 0 Å². The lowest BCUT2D eigenvalue weighted by molar-refractivity contribution is -0.131. The molecule has 2 N–H and O–H groups in total. The van der Waals surface area contributed by atoms with Crippen LogP contribution in [-0.4, -0.2) is 70.6 Å². The van der Waals surface area contributed by atoms with Gasteiger partial charge in [-0.25, -0.2) is 9.97 Å². The Labute approximate surface area is 198 Å². The number of fused-ring (bicyclic) bond motifs is 1. The third kappa shape index (κ3) is 4.65. The molecular weight excluding hydrogens is 432 g/mol. The number of nitrogens with one attached hydrogen (secondary N) is 2. The van der Waals surface area contributed by atoms with Gasteiger partial charge in [0.2, 0.25) is 5.91 Å². The first kappa shape index (κ1) is 23.4. The smallest absolute Gasteiger partial charge is 0.255 e. The van der Waals surface area contributed by atoms with Crippen molar-refractivity contribution in [3.63, 3.8) is 0 Å². The van der Waals surface area contributed by atoms with E-state index in [-0.39, 0.29) is 17.9 Å². The molecule has 3 aromatic rings. The Morgan fingerprint density at radius 1 is 1.29 bits per heavy atom. The first-order chi connectivity index (χ1) is 16.3. The number of methoxy groups -OCH3 is 1. The predicted molar refractivity (Wildman–Crippen MR) is 131 cm³/mol. The average Bonchev–Trinajstić information content (AvgIpc) is 3.26. The van der Waals surface area contributed by atoms with Crippen LogP contribution in [0.4, 0.5) is 5.82 Å². The van der Waals surface area contributed by atoms with Crippen molar-refractivity contribution < 1.29 is 14.3 Å². The minimum Gasteiger partial charge on any atom is -0.382 e. The summed E-state index contributed by atoms with van der Waals surface area (Å²) in [6.07, 6.45) is 4.67. The third-order valence-electron chi connectivity index (χ3n) is 6.12. The zero-order valence-corrected chi connectivity index (χ0v) is 19.7. The van der Waals surface area contributed by atoms with Crippen LogP contribution < -0.4 is 10.2 Å². The van der Waals surface area contributed by atoms with Crippen molar-refractivity contribution in [2.75, 3.05) is 38.3 Å². The fourth-order valence-electron chi connectivity index (χ4n) is 4.39. The van der Waals surface area contributed by atoms with E-state index < -0.39 is 5.54 Å². The Kier molecular flexibility index (Phi) is 6.65. The van der Waals surface area contributed by atoms with Crippen molar-refractivity contribution in [2.24, 2.45) is 0 Å². The summed E-state index contributed by atoms with van der Waals surface area (Å²) in [4.78, 5) is 41.6. The highest BCUT2D eigenvalue weighted by atomic mass is 16.5. The quantitative estimate of drug-likeness (QED) is 0.524. The maximum atomic E-state index is 13.2. The second kappa shape index (κ2) is 9.64. The molecule has 0 bridgehead atoms. The molecule has 9 nitrogen and oxygen atoms in total. The molecule has 1 aromatic carbocycles. The lowest BCUT2D eigenvalue weighted by Gasteiger charge is -2.47. The van der Waals surface area contributed by atoms with E-state index >= 15 is 0 Å². The number of ether oxygens (including phenoxy) is 1. The number of carbonyl (C=O) groups excluding carboxylic acids is 2. The molecule has 0 saturated carbocycles. The molecule has 0 aliphatic carbocycles. The molecular formula is C25H30N6O3. The fourth-order valence-corrected chi connectivity index (χ4v) is 4.39. The summed E-state index contributed by atoms with van der Waals surface area (Å²) in [5.41, 5.74) is 2.01. The van der Waals surface area contributed by atoms with Crippen molar-refractivity contribution in [3.05, 3.63) is 66.5 Å². The highest BCUT2D eigenvalue weighted by Gasteiger charge is 2.36. The van der Waals surface area contributed by atoms with Gasteiger partial charge in [0.05, 0.1) is 29.9 Å². The highest BCUT2D eigenvalue weighted by molar-refractivity contribution is 6.04. The van der Waals surface area contributed by atoms with Gasteiger partial charge in [-0.1, -0.05) is 36.9 Å². The Morgan fingerprint density at radius 3 is 2.74 bits per heavy atom. The highest BCUT2D eigenvalue weighted by Crippen LogP contribution is 2.26. The van der Waals surface area contributed by atoms with Crippen LogP contribution >= 0.6 is 0 Å². The monoisotopic (exact) mass is 462 g/mol. The first-order valence-electron chi connectivity index (χ1n) is 11.2. The standard InChI is InChI=1S/C25H30N6O3/c1-5-21(32)31-12-11-30(16-25(31,2)3)20-14-27-23-22(29-20)18(13-26-23)24(33)28-19(15-34-4)17-9-7-6-8-10-17/h5-10,13-14,19H,1,11-12,15-16H2,2-4H3,(H,26,27)(H,28,33)/t19-/m0/s1. The molecule has 1 atom stereocenters. The largest absolute Gasteiger partial charge is 0.382 e. The van der Waals surface area contributed by atoms with Crippen LogP contribution in [0.5, 0.6) is 0 Å². The van der Waals surface area contributed by atoms with Crippen LogP contribution in [0.1, 0.15) is 35.8 Å². The third-order valence-corrected chi connectivity index (χ3v) is 6.12. The zero-order valence-electron chi connectivity index (χ0n) is 19.7. The van der Waals surface area contributed by atoms with Gasteiger partial charge in [-0.3, -0.25) is 9.59 Å². The molecule has 0 spiro atoms. The maximum absolute atomic E-state index is 13.2. The molecule has 1 aliphatic heterocycles.